The molecule has 2 rings (SSSR count). The molecule has 13 heavy (non-hydrogen) atoms. The number of non-ortho nitro benzene ring substituents is 1. The number of H-pyrrole nitrogens is 1. The van der Waals surface area contributed by atoms with Crippen molar-refractivity contribution in [1.29, 1.82) is 0 Å². The van der Waals surface area contributed by atoms with E-state index in [-0.39, 0.29) is 28.1 Å². The second kappa shape index (κ2) is 3.65. The minimum Gasteiger partial charge on any atom is -0.258 e. The number of benzene rings is 1. The van der Waals surface area contributed by atoms with E-state index >= 15 is 0 Å². The Hall–Kier alpha value is -1.24. The first-order valence-electron chi connectivity index (χ1n) is 3.23. The quantitative estimate of drug-likeness (QED) is 0.474. The average Bonchev–Trinajstić information content (AvgIpc) is 2.49. The molecule has 0 spiro atoms. The van der Waals surface area contributed by atoms with Crippen molar-refractivity contribution in [3.8, 4) is 0 Å². The molecule has 0 aliphatic heterocycles. The summed E-state index contributed by atoms with van der Waals surface area (Å²) in [5.41, 5.74) is 0.841. The van der Waals surface area contributed by atoms with Gasteiger partial charge in [-0.3, -0.25) is 15.2 Å². The third-order valence-electron chi connectivity index (χ3n) is 1.53. The fourth-order valence-corrected chi connectivity index (χ4v) is 1.00. The van der Waals surface area contributed by atoms with E-state index in [2.05, 4.69) is 15.4 Å². The zero-order valence-corrected chi connectivity index (χ0v) is 7.67. The monoisotopic (exact) mass is 271 g/mol. The molecule has 0 saturated heterocycles. The Morgan fingerprint density at radius 1 is 1.46 bits per heavy atom. The molecular formula is C6H4AgN4O2. The van der Waals surface area contributed by atoms with Crippen molar-refractivity contribution in [2.75, 3.05) is 0 Å². The van der Waals surface area contributed by atoms with Crippen molar-refractivity contribution in [3.05, 3.63) is 28.3 Å². The number of nitro benzene ring substituents is 1. The second-order valence-electron chi connectivity index (χ2n) is 2.24. The first-order valence-corrected chi connectivity index (χ1v) is 3.23. The van der Waals surface area contributed by atoms with Crippen LogP contribution in [-0.4, -0.2) is 20.3 Å². The van der Waals surface area contributed by atoms with E-state index in [1.807, 2.05) is 0 Å². The van der Waals surface area contributed by atoms with Crippen molar-refractivity contribution in [2.24, 2.45) is 0 Å². The van der Waals surface area contributed by atoms with Crippen LogP contribution in [0.3, 0.4) is 0 Å². The summed E-state index contributed by atoms with van der Waals surface area (Å²) >= 11 is 0. The van der Waals surface area contributed by atoms with E-state index < -0.39 is 4.92 Å². The molecular weight excluding hydrogens is 268 g/mol. The van der Waals surface area contributed by atoms with Gasteiger partial charge in [0.2, 0.25) is 0 Å². The second-order valence-corrected chi connectivity index (χ2v) is 2.24. The van der Waals surface area contributed by atoms with Crippen molar-refractivity contribution >= 4 is 16.7 Å². The maximum atomic E-state index is 10.4. The minimum absolute atomic E-state index is 0. The zero-order chi connectivity index (χ0) is 8.55. The standard InChI is InChI=1S/C6H4N4O2.Ag/c11-10(12)5-3-1-2-4-6(5)8-9-7-4;/h1-3H,(H,7,8,9);. The van der Waals surface area contributed by atoms with E-state index in [0.717, 1.165) is 0 Å². The molecule has 71 valence electrons. The molecule has 0 atom stereocenters. The van der Waals surface area contributed by atoms with E-state index in [1.54, 1.807) is 12.1 Å². The maximum absolute atomic E-state index is 10.4. The molecule has 1 N–H and O–H groups in total. The Morgan fingerprint density at radius 2 is 2.23 bits per heavy atom. The van der Waals surface area contributed by atoms with Gasteiger partial charge in [0, 0.05) is 28.4 Å². The normalized spacial score (nSPS) is 9.54. The van der Waals surface area contributed by atoms with Gasteiger partial charge >= 0.3 is 0 Å². The van der Waals surface area contributed by atoms with Crippen LogP contribution < -0.4 is 0 Å². The van der Waals surface area contributed by atoms with Crippen molar-refractivity contribution < 1.29 is 27.3 Å². The van der Waals surface area contributed by atoms with Gasteiger partial charge in [-0.05, 0) is 6.07 Å². The summed E-state index contributed by atoms with van der Waals surface area (Å²) in [5.74, 6) is 0. The van der Waals surface area contributed by atoms with Crippen LogP contribution in [0, 0.1) is 10.1 Å². The number of nitrogens with zero attached hydrogens (tertiary/aromatic N) is 3. The Labute approximate surface area is 88.0 Å². The summed E-state index contributed by atoms with van der Waals surface area (Å²) in [5, 5.41) is 20.0. The van der Waals surface area contributed by atoms with Gasteiger partial charge in [0.05, 0.1) is 10.4 Å². The van der Waals surface area contributed by atoms with Crippen LogP contribution in [0.2, 0.25) is 0 Å². The van der Waals surface area contributed by atoms with Crippen LogP contribution in [0.4, 0.5) is 5.69 Å². The summed E-state index contributed by atoms with van der Waals surface area (Å²) in [6.07, 6.45) is 0. The molecule has 1 aromatic carbocycles. The summed E-state index contributed by atoms with van der Waals surface area (Å²) in [6, 6.07) is 4.66. The molecule has 0 amide bonds. The van der Waals surface area contributed by atoms with E-state index in [1.165, 1.54) is 6.07 Å². The Bertz CT molecular complexity index is 441. The van der Waals surface area contributed by atoms with Gasteiger partial charge in [0.25, 0.3) is 5.69 Å². The number of nitrogens with one attached hydrogen (secondary N) is 1. The fraction of sp³-hybridized carbons (Fsp3) is 0. The number of nitro groups is 1. The van der Waals surface area contributed by atoms with Crippen molar-refractivity contribution in [3.63, 3.8) is 0 Å². The van der Waals surface area contributed by atoms with E-state index in [9.17, 15) is 10.1 Å². The van der Waals surface area contributed by atoms with Gasteiger partial charge in [-0.15, -0.1) is 5.10 Å². The smallest absolute Gasteiger partial charge is 0.258 e. The fourth-order valence-electron chi connectivity index (χ4n) is 1.00. The van der Waals surface area contributed by atoms with Crippen LogP contribution in [0.15, 0.2) is 18.2 Å². The van der Waals surface area contributed by atoms with E-state index in [4.69, 9.17) is 0 Å². The third-order valence-corrected chi connectivity index (χ3v) is 1.53. The Kier molecular flexibility index (Phi) is 2.76. The van der Waals surface area contributed by atoms with Gasteiger partial charge in [0.15, 0.2) is 5.52 Å². The number of hydrogen-bond acceptors (Lipinski definition) is 4. The number of aromatic nitrogens is 3. The molecule has 7 heteroatoms. The van der Waals surface area contributed by atoms with Crippen LogP contribution >= 0.6 is 0 Å². The molecule has 6 nitrogen and oxygen atoms in total. The van der Waals surface area contributed by atoms with Gasteiger partial charge < -0.3 is 0 Å². The first-order chi connectivity index (χ1) is 5.79. The molecule has 1 aromatic heterocycles. The van der Waals surface area contributed by atoms with E-state index in [0.29, 0.717) is 11.0 Å². The molecule has 0 saturated carbocycles. The van der Waals surface area contributed by atoms with Crippen molar-refractivity contribution in [2.45, 2.75) is 0 Å². The number of aromatic amines is 1. The van der Waals surface area contributed by atoms with Gasteiger partial charge in [0.1, 0.15) is 0 Å². The van der Waals surface area contributed by atoms with Crippen molar-refractivity contribution in [1.82, 2.24) is 15.4 Å². The number of fused-ring (bicyclic) bond motifs is 1. The largest absolute Gasteiger partial charge is 0.299 e. The molecule has 0 fully saturated rings. The summed E-state index contributed by atoms with van der Waals surface area (Å²) < 4.78 is 0. The molecule has 1 heterocycles. The van der Waals surface area contributed by atoms with Crippen LogP contribution in [0.25, 0.3) is 11.0 Å². The van der Waals surface area contributed by atoms with Crippen LogP contribution in [0.5, 0.6) is 0 Å². The van der Waals surface area contributed by atoms with Crippen LogP contribution in [-0.2, 0) is 22.4 Å². The topological polar surface area (TPSA) is 84.7 Å². The predicted molar refractivity (Wildman–Crippen MR) is 40.5 cm³/mol. The maximum Gasteiger partial charge on any atom is 0.299 e. The molecule has 0 aliphatic rings. The molecule has 2 aromatic rings. The number of hydrogen-bond donors (Lipinski definition) is 1. The Balaban J connectivity index is 0.000000845. The third kappa shape index (κ3) is 1.59. The molecule has 1 radical (unpaired) electrons. The molecule has 0 unspecified atom stereocenters. The first kappa shape index (κ1) is 9.85. The van der Waals surface area contributed by atoms with Gasteiger partial charge in [-0.2, -0.15) is 0 Å². The summed E-state index contributed by atoms with van der Waals surface area (Å²) in [7, 11) is 0. The van der Waals surface area contributed by atoms with Gasteiger partial charge in [-0.25, -0.2) is 0 Å². The van der Waals surface area contributed by atoms with Crippen LogP contribution in [0.1, 0.15) is 0 Å². The van der Waals surface area contributed by atoms with Gasteiger partial charge in [-0.1, -0.05) is 11.3 Å². The molecule has 0 bridgehead atoms. The molecule has 0 aliphatic carbocycles. The summed E-state index contributed by atoms with van der Waals surface area (Å²) in [6.45, 7) is 0. The predicted octanol–water partition coefficient (Wildman–Crippen LogP) is 0.864. The summed E-state index contributed by atoms with van der Waals surface area (Å²) in [4.78, 5) is 9.96. The zero-order valence-electron chi connectivity index (χ0n) is 6.19. The average molecular weight is 272 g/mol. The Morgan fingerprint density at radius 3 is 2.92 bits per heavy atom. The SMILES string of the molecule is O=[N+]([O-])c1cccc2[nH]nnc12.[Ag]. The number of rotatable bonds is 1. The minimum atomic E-state index is -0.481.